The molecule has 0 bridgehead atoms. The molecule has 0 heterocycles. The van der Waals surface area contributed by atoms with E-state index < -0.39 is 15.6 Å². The Kier molecular flexibility index (Phi) is 5.68. The molecule has 1 atom stereocenters. The smallest absolute Gasteiger partial charge is 0.209 e. The minimum atomic E-state index is -3.25. The van der Waals surface area contributed by atoms with Crippen LogP contribution in [0.5, 0.6) is 0 Å². The Bertz CT molecular complexity index is 527. The van der Waals surface area contributed by atoms with Gasteiger partial charge >= 0.3 is 0 Å². The van der Waals surface area contributed by atoms with Crippen molar-refractivity contribution in [3.63, 3.8) is 0 Å². The van der Waals surface area contributed by atoms with E-state index in [4.69, 9.17) is 0 Å². The van der Waals surface area contributed by atoms with Gasteiger partial charge in [-0.25, -0.2) is 17.5 Å². The molecule has 6 heteroatoms. The van der Waals surface area contributed by atoms with Crippen LogP contribution in [0, 0.1) is 5.82 Å². The van der Waals surface area contributed by atoms with Crippen LogP contribution in [0.15, 0.2) is 24.3 Å². The molecule has 0 aliphatic rings. The summed E-state index contributed by atoms with van der Waals surface area (Å²) in [6, 6.07) is 6.41. The van der Waals surface area contributed by atoms with Crippen LogP contribution >= 0.6 is 0 Å². The minimum absolute atomic E-state index is 0.0660. The van der Waals surface area contributed by atoms with Crippen LogP contribution in [0.25, 0.3) is 0 Å². The second-order valence-electron chi connectivity index (χ2n) is 5.65. The summed E-state index contributed by atoms with van der Waals surface area (Å²) in [7, 11) is -3.25. The summed E-state index contributed by atoms with van der Waals surface area (Å²) in [5.41, 5.74) is 0.408. The first-order valence-electron chi connectivity index (χ1n) is 6.61. The average molecular weight is 302 g/mol. The first-order chi connectivity index (χ1) is 9.13. The van der Waals surface area contributed by atoms with Crippen LogP contribution in [0.2, 0.25) is 0 Å². The normalized spacial score (nSPS) is 14.2. The van der Waals surface area contributed by atoms with Crippen molar-refractivity contribution in [1.29, 1.82) is 0 Å². The van der Waals surface area contributed by atoms with E-state index >= 15 is 0 Å². The molecule has 1 rings (SSSR count). The molecule has 0 fully saturated rings. The maximum absolute atomic E-state index is 12.9. The third kappa shape index (κ3) is 5.98. The van der Waals surface area contributed by atoms with Crippen LogP contribution in [0.4, 0.5) is 4.39 Å². The Morgan fingerprint density at radius 3 is 2.25 bits per heavy atom. The molecule has 1 aromatic carbocycles. The SMILES string of the molecule is CCC(NCC(C)(C)NS(C)(=O)=O)c1ccc(F)cc1. The van der Waals surface area contributed by atoms with E-state index in [-0.39, 0.29) is 11.9 Å². The fourth-order valence-electron chi connectivity index (χ4n) is 2.11. The van der Waals surface area contributed by atoms with E-state index in [1.807, 2.05) is 20.8 Å². The van der Waals surface area contributed by atoms with Crippen LogP contribution in [-0.4, -0.2) is 26.8 Å². The Hall–Kier alpha value is -0.980. The average Bonchev–Trinajstić information content (AvgIpc) is 2.29. The maximum Gasteiger partial charge on any atom is 0.209 e. The molecule has 0 radical (unpaired) electrons. The lowest BCUT2D eigenvalue weighted by Gasteiger charge is -2.28. The maximum atomic E-state index is 12.9. The monoisotopic (exact) mass is 302 g/mol. The van der Waals surface area contributed by atoms with Gasteiger partial charge in [-0.2, -0.15) is 0 Å². The van der Waals surface area contributed by atoms with Gasteiger partial charge < -0.3 is 5.32 Å². The van der Waals surface area contributed by atoms with Gasteiger partial charge in [0.05, 0.1) is 6.26 Å². The second-order valence-corrected chi connectivity index (χ2v) is 7.40. The van der Waals surface area contributed by atoms with Gasteiger partial charge in [-0.15, -0.1) is 0 Å². The van der Waals surface area contributed by atoms with E-state index in [2.05, 4.69) is 10.0 Å². The zero-order valence-corrected chi connectivity index (χ0v) is 13.2. The molecule has 0 amide bonds. The molecule has 1 aromatic rings. The molecule has 0 spiro atoms. The van der Waals surface area contributed by atoms with Gasteiger partial charge in [0.25, 0.3) is 0 Å². The molecular formula is C14H23FN2O2S. The quantitative estimate of drug-likeness (QED) is 0.812. The number of hydrogen-bond donors (Lipinski definition) is 2. The molecule has 2 N–H and O–H groups in total. The molecule has 0 aliphatic heterocycles. The molecule has 0 saturated carbocycles. The van der Waals surface area contributed by atoms with Gasteiger partial charge in [0.2, 0.25) is 10.0 Å². The summed E-state index contributed by atoms with van der Waals surface area (Å²) in [6.07, 6.45) is 1.98. The Morgan fingerprint density at radius 1 is 1.25 bits per heavy atom. The van der Waals surface area contributed by atoms with Crippen molar-refractivity contribution in [3.8, 4) is 0 Å². The lowest BCUT2D eigenvalue weighted by Crippen LogP contribution is -2.50. The van der Waals surface area contributed by atoms with Crippen molar-refractivity contribution in [2.24, 2.45) is 0 Å². The summed E-state index contributed by atoms with van der Waals surface area (Å²) in [6.45, 7) is 6.14. The zero-order valence-electron chi connectivity index (χ0n) is 12.4. The Labute approximate surface area is 120 Å². The molecular weight excluding hydrogens is 279 g/mol. The lowest BCUT2D eigenvalue weighted by atomic mass is 10.0. The molecule has 4 nitrogen and oxygen atoms in total. The van der Waals surface area contributed by atoms with Gasteiger partial charge in [-0.1, -0.05) is 19.1 Å². The van der Waals surface area contributed by atoms with Gasteiger partial charge in [0, 0.05) is 18.1 Å². The molecule has 0 aromatic heterocycles. The highest BCUT2D eigenvalue weighted by atomic mass is 32.2. The van der Waals surface area contributed by atoms with E-state index in [1.54, 1.807) is 12.1 Å². The Morgan fingerprint density at radius 2 is 1.80 bits per heavy atom. The summed E-state index contributed by atoms with van der Waals surface area (Å²) in [5, 5.41) is 3.32. The highest BCUT2D eigenvalue weighted by Crippen LogP contribution is 2.17. The highest BCUT2D eigenvalue weighted by Gasteiger charge is 2.23. The van der Waals surface area contributed by atoms with E-state index in [0.717, 1.165) is 18.2 Å². The topological polar surface area (TPSA) is 58.2 Å². The van der Waals surface area contributed by atoms with Crippen LogP contribution in [0.1, 0.15) is 38.8 Å². The number of rotatable bonds is 7. The third-order valence-electron chi connectivity index (χ3n) is 2.93. The molecule has 1 unspecified atom stereocenters. The van der Waals surface area contributed by atoms with Crippen molar-refractivity contribution in [1.82, 2.24) is 10.0 Å². The van der Waals surface area contributed by atoms with Gasteiger partial charge in [0.1, 0.15) is 5.82 Å². The molecule has 114 valence electrons. The van der Waals surface area contributed by atoms with Crippen molar-refractivity contribution < 1.29 is 12.8 Å². The van der Waals surface area contributed by atoms with Gasteiger partial charge in [-0.3, -0.25) is 0 Å². The third-order valence-corrected chi connectivity index (χ3v) is 3.86. The van der Waals surface area contributed by atoms with Crippen LogP contribution in [0.3, 0.4) is 0 Å². The summed E-state index contributed by atoms with van der Waals surface area (Å²) in [5.74, 6) is -0.261. The predicted molar refractivity (Wildman–Crippen MR) is 79.5 cm³/mol. The second kappa shape index (κ2) is 6.65. The lowest BCUT2D eigenvalue weighted by molar-refractivity contribution is 0.386. The fourth-order valence-corrected chi connectivity index (χ4v) is 3.19. The predicted octanol–water partition coefficient (Wildman–Crippen LogP) is 2.19. The highest BCUT2D eigenvalue weighted by molar-refractivity contribution is 7.88. The van der Waals surface area contributed by atoms with Crippen molar-refractivity contribution >= 4 is 10.0 Å². The number of benzene rings is 1. The first kappa shape index (κ1) is 17.1. The van der Waals surface area contributed by atoms with E-state index in [0.29, 0.717) is 6.54 Å². The van der Waals surface area contributed by atoms with Crippen LogP contribution in [-0.2, 0) is 10.0 Å². The van der Waals surface area contributed by atoms with E-state index in [1.165, 1.54) is 12.1 Å². The van der Waals surface area contributed by atoms with Crippen LogP contribution < -0.4 is 10.0 Å². The standard InChI is InChI=1S/C14H23FN2O2S/c1-5-13(11-6-8-12(15)9-7-11)16-10-14(2,3)17-20(4,18)19/h6-9,13,16-17H,5,10H2,1-4H3. The minimum Gasteiger partial charge on any atom is -0.308 e. The number of sulfonamides is 1. The Balaban J connectivity index is 2.68. The van der Waals surface area contributed by atoms with Crippen molar-refractivity contribution in [3.05, 3.63) is 35.6 Å². The number of hydrogen-bond acceptors (Lipinski definition) is 3. The van der Waals surface area contributed by atoms with E-state index in [9.17, 15) is 12.8 Å². The largest absolute Gasteiger partial charge is 0.308 e. The van der Waals surface area contributed by atoms with Crippen molar-refractivity contribution in [2.45, 2.75) is 38.8 Å². The fraction of sp³-hybridized carbons (Fsp3) is 0.571. The van der Waals surface area contributed by atoms with Crippen molar-refractivity contribution in [2.75, 3.05) is 12.8 Å². The van der Waals surface area contributed by atoms with Gasteiger partial charge in [0.15, 0.2) is 0 Å². The summed E-state index contributed by atoms with van der Waals surface area (Å²) in [4.78, 5) is 0. The zero-order chi connectivity index (χ0) is 15.4. The molecule has 0 saturated heterocycles. The number of nitrogens with one attached hydrogen (secondary N) is 2. The van der Waals surface area contributed by atoms with Gasteiger partial charge in [-0.05, 0) is 38.0 Å². The number of halogens is 1. The first-order valence-corrected chi connectivity index (χ1v) is 8.50. The summed E-state index contributed by atoms with van der Waals surface area (Å²) < 4.78 is 38.1. The summed E-state index contributed by atoms with van der Waals surface area (Å²) >= 11 is 0. The molecule has 0 aliphatic carbocycles. The molecule has 20 heavy (non-hydrogen) atoms.